The molecule has 1 atom stereocenters. The Morgan fingerprint density at radius 2 is 1.97 bits per heavy atom. The summed E-state index contributed by atoms with van der Waals surface area (Å²) in [4.78, 5) is 29.3. The van der Waals surface area contributed by atoms with Gasteiger partial charge in [-0.15, -0.1) is 0 Å². The van der Waals surface area contributed by atoms with Crippen LogP contribution in [0.4, 0.5) is 5.69 Å². The predicted octanol–water partition coefficient (Wildman–Crippen LogP) is 3.08. The largest absolute Gasteiger partial charge is 0.398 e. The van der Waals surface area contributed by atoms with E-state index in [1.165, 1.54) is 22.3 Å². The van der Waals surface area contributed by atoms with Gasteiger partial charge in [-0.1, -0.05) is 23.8 Å². The van der Waals surface area contributed by atoms with E-state index in [1.54, 1.807) is 12.1 Å². The third-order valence-corrected chi connectivity index (χ3v) is 6.70. The van der Waals surface area contributed by atoms with Gasteiger partial charge in [0, 0.05) is 47.6 Å². The summed E-state index contributed by atoms with van der Waals surface area (Å²) in [6.45, 7) is 7.41. The fourth-order valence-corrected chi connectivity index (χ4v) is 4.81. The van der Waals surface area contributed by atoms with Crippen molar-refractivity contribution < 1.29 is 9.59 Å². The molecule has 4 rings (SSSR count). The molecule has 2 aromatic rings. The van der Waals surface area contributed by atoms with E-state index in [-0.39, 0.29) is 18.4 Å². The minimum atomic E-state index is -0.317. The van der Waals surface area contributed by atoms with E-state index < -0.39 is 0 Å². The van der Waals surface area contributed by atoms with Crippen LogP contribution in [0.5, 0.6) is 0 Å². The van der Waals surface area contributed by atoms with E-state index >= 15 is 0 Å². The van der Waals surface area contributed by atoms with Crippen molar-refractivity contribution in [2.24, 2.45) is 5.92 Å². The van der Waals surface area contributed by atoms with Crippen LogP contribution in [0.15, 0.2) is 48.2 Å². The van der Waals surface area contributed by atoms with E-state index in [4.69, 9.17) is 5.73 Å². The van der Waals surface area contributed by atoms with E-state index in [1.807, 2.05) is 11.0 Å². The summed E-state index contributed by atoms with van der Waals surface area (Å²) in [5.74, 6) is -0.00635. The third-order valence-electron chi connectivity index (χ3n) is 6.03. The van der Waals surface area contributed by atoms with E-state index in [9.17, 15) is 9.59 Å². The minimum Gasteiger partial charge on any atom is -0.398 e. The van der Waals surface area contributed by atoms with E-state index in [2.05, 4.69) is 71.1 Å². The van der Waals surface area contributed by atoms with Gasteiger partial charge in [-0.25, -0.2) is 0 Å². The Hall–Kier alpha value is -2.55. The van der Waals surface area contributed by atoms with Crippen molar-refractivity contribution in [3.63, 3.8) is 0 Å². The maximum Gasteiger partial charge on any atom is 0.253 e. The van der Waals surface area contributed by atoms with Crippen LogP contribution in [-0.4, -0.2) is 47.8 Å². The molecule has 7 heteroatoms. The molecule has 2 aromatic carbocycles. The lowest BCUT2D eigenvalue weighted by molar-refractivity contribution is -0.129. The molecule has 0 spiro atoms. The van der Waals surface area contributed by atoms with Gasteiger partial charge in [-0.3, -0.25) is 9.59 Å². The van der Waals surface area contributed by atoms with Crippen molar-refractivity contribution >= 4 is 40.1 Å². The summed E-state index contributed by atoms with van der Waals surface area (Å²) in [5.41, 5.74) is 11.9. The molecule has 2 heterocycles. The second-order valence-corrected chi connectivity index (χ2v) is 9.69. The molecule has 0 radical (unpaired) electrons. The van der Waals surface area contributed by atoms with Crippen LogP contribution in [0, 0.1) is 23.3 Å². The first-order valence-corrected chi connectivity index (χ1v) is 11.5. The molecule has 3 N–H and O–H groups in total. The van der Waals surface area contributed by atoms with Crippen LogP contribution in [0.3, 0.4) is 0 Å². The highest BCUT2D eigenvalue weighted by molar-refractivity contribution is 14.1. The lowest BCUT2D eigenvalue weighted by Crippen LogP contribution is -2.40. The van der Waals surface area contributed by atoms with Crippen LogP contribution in [0.1, 0.15) is 27.0 Å². The summed E-state index contributed by atoms with van der Waals surface area (Å²) in [6.07, 6.45) is 2.21. The van der Waals surface area contributed by atoms with Crippen molar-refractivity contribution in [3.05, 3.63) is 74.0 Å². The number of carbonyl (C=O) groups excluding carboxylic acids is 2. The third kappa shape index (κ3) is 4.87. The van der Waals surface area contributed by atoms with Crippen molar-refractivity contribution in [2.45, 2.75) is 20.4 Å². The van der Waals surface area contributed by atoms with Gasteiger partial charge in [0.25, 0.3) is 5.91 Å². The maximum absolute atomic E-state index is 12.7. The number of rotatable bonds is 5. The van der Waals surface area contributed by atoms with Crippen LogP contribution in [-0.2, 0) is 11.3 Å². The molecule has 1 fully saturated rings. The Morgan fingerprint density at radius 3 is 2.71 bits per heavy atom. The SMILES string of the molecule is Cc1ccc(CN2C=C3CN(C(=O)CNC(=O)c4cc(I)ccc4N)CC3C2)c(C)c1. The molecule has 6 nitrogen and oxygen atoms in total. The average molecular weight is 530 g/mol. The zero-order valence-electron chi connectivity index (χ0n) is 17.8. The number of anilines is 1. The number of hydrogen-bond acceptors (Lipinski definition) is 4. The highest BCUT2D eigenvalue weighted by Gasteiger charge is 2.35. The Bertz CT molecular complexity index is 1070. The first-order valence-electron chi connectivity index (χ1n) is 10.4. The fourth-order valence-electron chi connectivity index (χ4n) is 4.32. The van der Waals surface area contributed by atoms with Gasteiger partial charge in [-0.2, -0.15) is 0 Å². The molecule has 2 amide bonds. The van der Waals surface area contributed by atoms with Crippen molar-refractivity contribution in [2.75, 3.05) is 31.9 Å². The number of halogens is 1. The number of benzene rings is 2. The number of nitrogens with two attached hydrogens (primary N) is 1. The van der Waals surface area contributed by atoms with Gasteiger partial charge in [0.15, 0.2) is 0 Å². The smallest absolute Gasteiger partial charge is 0.253 e. The molecule has 31 heavy (non-hydrogen) atoms. The van der Waals surface area contributed by atoms with Gasteiger partial charge >= 0.3 is 0 Å². The summed E-state index contributed by atoms with van der Waals surface area (Å²) in [6, 6.07) is 11.9. The minimum absolute atomic E-state index is 0.0178. The van der Waals surface area contributed by atoms with Crippen LogP contribution >= 0.6 is 22.6 Å². The molecule has 0 aromatic heterocycles. The van der Waals surface area contributed by atoms with Crippen molar-refractivity contribution in [3.8, 4) is 0 Å². The van der Waals surface area contributed by atoms with E-state index in [0.29, 0.717) is 30.3 Å². The summed E-state index contributed by atoms with van der Waals surface area (Å²) >= 11 is 2.13. The second kappa shape index (κ2) is 8.90. The lowest BCUT2D eigenvalue weighted by Gasteiger charge is -2.22. The molecule has 1 saturated heterocycles. The molecule has 0 bridgehead atoms. The molecule has 1 unspecified atom stereocenters. The Labute approximate surface area is 196 Å². The van der Waals surface area contributed by atoms with Gasteiger partial charge < -0.3 is 20.9 Å². The molecule has 2 aliphatic rings. The van der Waals surface area contributed by atoms with Gasteiger partial charge in [0.1, 0.15) is 0 Å². The maximum atomic E-state index is 12.7. The predicted molar refractivity (Wildman–Crippen MR) is 130 cm³/mol. The summed E-state index contributed by atoms with van der Waals surface area (Å²) < 4.78 is 0.924. The van der Waals surface area contributed by atoms with Crippen molar-refractivity contribution in [1.82, 2.24) is 15.1 Å². The topological polar surface area (TPSA) is 78.7 Å². The van der Waals surface area contributed by atoms with E-state index in [0.717, 1.165) is 16.7 Å². The van der Waals surface area contributed by atoms with Crippen LogP contribution in [0.2, 0.25) is 0 Å². The number of fused-ring (bicyclic) bond motifs is 1. The first kappa shape index (κ1) is 21.7. The first-order chi connectivity index (χ1) is 14.8. The Balaban J connectivity index is 1.31. The molecular formula is C24H27IN4O2. The van der Waals surface area contributed by atoms with Crippen LogP contribution < -0.4 is 11.1 Å². The Kier molecular flexibility index (Phi) is 6.22. The van der Waals surface area contributed by atoms with Gasteiger partial charge in [0.2, 0.25) is 5.91 Å². The number of aryl methyl sites for hydroxylation is 2. The molecule has 2 aliphatic heterocycles. The van der Waals surface area contributed by atoms with Crippen LogP contribution in [0.25, 0.3) is 0 Å². The number of carbonyl (C=O) groups is 2. The quantitative estimate of drug-likeness (QED) is 0.460. The monoisotopic (exact) mass is 530 g/mol. The molecule has 162 valence electrons. The number of likely N-dealkylation sites (tertiary alicyclic amines) is 1. The number of nitrogen functional groups attached to an aromatic ring is 1. The zero-order chi connectivity index (χ0) is 22.1. The second-order valence-electron chi connectivity index (χ2n) is 8.45. The highest BCUT2D eigenvalue weighted by atomic mass is 127. The number of nitrogens with zero attached hydrogens (tertiary/aromatic N) is 2. The van der Waals surface area contributed by atoms with Gasteiger partial charge in [0.05, 0.1) is 12.1 Å². The zero-order valence-corrected chi connectivity index (χ0v) is 20.0. The molecular weight excluding hydrogens is 503 g/mol. The number of amides is 2. The lowest BCUT2D eigenvalue weighted by atomic mass is 10.1. The van der Waals surface area contributed by atoms with Crippen molar-refractivity contribution in [1.29, 1.82) is 0 Å². The average Bonchev–Trinajstić information content (AvgIpc) is 3.28. The molecule has 0 saturated carbocycles. The highest BCUT2D eigenvalue weighted by Crippen LogP contribution is 2.31. The summed E-state index contributed by atoms with van der Waals surface area (Å²) in [7, 11) is 0. The summed E-state index contributed by atoms with van der Waals surface area (Å²) in [5, 5.41) is 2.72. The Morgan fingerprint density at radius 1 is 1.16 bits per heavy atom. The normalized spacial score (nSPS) is 17.5. The van der Waals surface area contributed by atoms with Gasteiger partial charge in [-0.05, 0) is 71.3 Å². The fraction of sp³-hybridized carbons (Fsp3) is 0.333. The number of nitrogens with one attached hydrogen (secondary N) is 1. The molecule has 0 aliphatic carbocycles. The standard InChI is InChI=1S/C24H27IN4O2/c1-15-3-4-17(16(2)7-15)10-28-11-18-13-29(14-19(18)12-28)23(30)9-27-24(31)21-8-20(25)5-6-22(21)26/h3-8,11,19H,9-10,12-14,26H2,1-2H3,(H,27,31). The number of hydrogen-bond donors (Lipinski definition) is 2.